The van der Waals surface area contributed by atoms with Gasteiger partial charge in [-0.2, -0.15) is 0 Å². The van der Waals surface area contributed by atoms with Crippen molar-refractivity contribution < 1.29 is 9.90 Å². The summed E-state index contributed by atoms with van der Waals surface area (Å²) in [7, 11) is 0. The third-order valence-electron chi connectivity index (χ3n) is 3.65. The van der Waals surface area contributed by atoms with Crippen LogP contribution in [-0.4, -0.2) is 17.2 Å². The van der Waals surface area contributed by atoms with Crippen LogP contribution in [0.25, 0.3) is 0 Å². The van der Waals surface area contributed by atoms with Gasteiger partial charge >= 0.3 is 0 Å². The van der Waals surface area contributed by atoms with Crippen molar-refractivity contribution in [3.05, 3.63) is 100 Å². The molecular formula is C23H19ClN2O2. The molecule has 0 aliphatic carbocycles. The fourth-order valence-electron chi connectivity index (χ4n) is 2.21. The summed E-state index contributed by atoms with van der Waals surface area (Å²) < 4.78 is 0. The molecule has 1 amide bonds. The summed E-state index contributed by atoms with van der Waals surface area (Å²) in [5.74, 6) is 5.64. The minimum absolute atomic E-state index is 0.0586. The number of amides is 1. The van der Waals surface area contributed by atoms with Crippen molar-refractivity contribution in [2.75, 3.05) is 0 Å². The summed E-state index contributed by atoms with van der Waals surface area (Å²) in [5.41, 5.74) is 8.31. The number of primary amides is 1. The third-order valence-corrected chi connectivity index (χ3v) is 3.96. The number of nitrogens with one attached hydrogen (secondary N) is 1. The molecule has 3 aromatic rings. The number of benzene rings is 3. The highest BCUT2D eigenvalue weighted by Gasteiger charge is 2.03. The average molecular weight is 391 g/mol. The molecule has 0 aromatic heterocycles. The Morgan fingerprint density at radius 3 is 2.46 bits per heavy atom. The van der Waals surface area contributed by atoms with E-state index >= 15 is 0 Å². The van der Waals surface area contributed by atoms with E-state index in [1.807, 2.05) is 42.5 Å². The van der Waals surface area contributed by atoms with Crippen molar-refractivity contribution in [3.8, 4) is 17.6 Å². The summed E-state index contributed by atoms with van der Waals surface area (Å²) in [6.07, 6.45) is 2.10. The van der Waals surface area contributed by atoms with Gasteiger partial charge in [0.2, 0.25) is 5.91 Å². The summed E-state index contributed by atoms with van der Waals surface area (Å²) in [6, 6.07) is 21.9. The zero-order valence-corrected chi connectivity index (χ0v) is 15.8. The van der Waals surface area contributed by atoms with Gasteiger partial charge in [0.05, 0.1) is 5.02 Å². The Kier molecular flexibility index (Phi) is 7.83. The van der Waals surface area contributed by atoms with Crippen LogP contribution in [0.15, 0.2) is 72.8 Å². The van der Waals surface area contributed by atoms with Crippen LogP contribution < -0.4 is 5.73 Å². The lowest BCUT2D eigenvalue weighted by molar-refractivity contribution is 0.100. The molecule has 3 aromatic carbocycles. The summed E-state index contributed by atoms with van der Waals surface area (Å²) in [4.78, 5) is 10.5. The van der Waals surface area contributed by atoms with E-state index in [2.05, 4.69) is 24.0 Å². The summed E-state index contributed by atoms with van der Waals surface area (Å²) in [5, 5.41) is 16.2. The smallest absolute Gasteiger partial charge is 0.248 e. The second-order valence-corrected chi connectivity index (χ2v) is 6.17. The number of halogens is 1. The molecule has 5 heteroatoms. The maximum atomic E-state index is 10.5. The highest BCUT2D eigenvalue weighted by Crippen LogP contribution is 2.23. The second-order valence-electron chi connectivity index (χ2n) is 5.76. The first-order valence-corrected chi connectivity index (χ1v) is 8.79. The highest BCUT2D eigenvalue weighted by molar-refractivity contribution is 6.32. The fourth-order valence-corrected chi connectivity index (χ4v) is 2.39. The molecule has 140 valence electrons. The lowest BCUT2D eigenvalue weighted by atomic mass is 10.1. The van der Waals surface area contributed by atoms with E-state index in [0.717, 1.165) is 17.5 Å². The predicted molar refractivity (Wildman–Crippen MR) is 113 cm³/mol. The standard InChI is InChI=1S/C16H13N.C7H6ClNO2/c17-13-16-11-5-10-15(12-16)9-4-8-14-6-2-1-3-7-14;8-5-3-4(7(9)11)1-2-6(5)10/h1-3,5-7,10-13,17H,8H2;1-3,10H,(H2,9,11). The SMILES string of the molecule is N=Cc1cccc(C#CCc2ccccc2)c1.NC(=O)c1ccc(O)c(Cl)c1. The molecular weight excluding hydrogens is 372 g/mol. The highest BCUT2D eigenvalue weighted by atomic mass is 35.5. The van der Waals surface area contributed by atoms with E-state index in [9.17, 15) is 4.79 Å². The lowest BCUT2D eigenvalue weighted by Gasteiger charge is -1.97. The van der Waals surface area contributed by atoms with Gasteiger partial charge in [0.25, 0.3) is 0 Å². The summed E-state index contributed by atoms with van der Waals surface area (Å²) >= 11 is 5.50. The predicted octanol–water partition coefficient (Wildman–Crippen LogP) is 4.42. The van der Waals surface area contributed by atoms with E-state index in [1.54, 1.807) is 0 Å². The lowest BCUT2D eigenvalue weighted by Crippen LogP contribution is -2.10. The fraction of sp³-hybridized carbons (Fsp3) is 0.0435. The Labute approximate surface area is 169 Å². The zero-order chi connectivity index (χ0) is 20.4. The van der Waals surface area contributed by atoms with Crippen LogP contribution in [0, 0.1) is 17.3 Å². The van der Waals surface area contributed by atoms with Crippen molar-refractivity contribution >= 4 is 23.7 Å². The van der Waals surface area contributed by atoms with Crippen LogP contribution in [0.2, 0.25) is 5.02 Å². The molecule has 0 bridgehead atoms. The molecule has 0 saturated carbocycles. The Balaban J connectivity index is 0.000000221. The van der Waals surface area contributed by atoms with E-state index in [-0.39, 0.29) is 16.3 Å². The Morgan fingerprint density at radius 2 is 1.82 bits per heavy atom. The van der Waals surface area contributed by atoms with Crippen molar-refractivity contribution in [2.45, 2.75) is 6.42 Å². The number of carbonyl (C=O) groups is 1. The number of nitrogens with two attached hydrogens (primary N) is 1. The van der Waals surface area contributed by atoms with Crippen LogP contribution in [0.4, 0.5) is 0 Å². The van der Waals surface area contributed by atoms with Crippen molar-refractivity contribution in [2.24, 2.45) is 5.73 Å². The van der Waals surface area contributed by atoms with Gasteiger partial charge in [0, 0.05) is 23.8 Å². The van der Waals surface area contributed by atoms with Gasteiger partial charge in [-0.15, -0.1) is 0 Å². The van der Waals surface area contributed by atoms with Gasteiger partial charge in [-0.05, 0) is 41.5 Å². The molecule has 0 heterocycles. The first-order chi connectivity index (χ1) is 13.5. The quantitative estimate of drug-likeness (QED) is 0.456. The number of phenols is 1. The van der Waals surface area contributed by atoms with E-state index in [4.69, 9.17) is 27.9 Å². The normalized spacial score (nSPS) is 9.32. The average Bonchev–Trinajstić information content (AvgIpc) is 2.71. The first-order valence-electron chi connectivity index (χ1n) is 8.41. The second kappa shape index (κ2) is 10.6. The topological polar surface area (TPSA) is 87.2 Å². The van der Waals surface area contributed by atoms with Crippen molar-refractivity contribution in [1.29, 1.82) is 5.41 Å². The number of phenolic OH excluding ortho intramolecular Hbond substituents is 1. The molecule has 4 nitrogen and oxygen atoms in total. The largest absolute Gasteiger partial charge is 0.506 e. The van der Waals surface area contributed by atoms with Gasteiger partial charge in [-0.1, -0.05) is 65.9 Å². The maximum Gasteiger partial charge on any atom is 0.248 e. The molecule has 0 saturated heterocycles. The number of rotatable bonds is 3. The van der Waals surface area contributed by atoms with Crippen LogP contribution in [-0.2, 0) is 6.42 Å². The zero-order valence-electron chi connectivity index (χ0n) is 15.0. The number of hydrogen-bond acceptors (Lipinski definition) is 3. The van der Waals surface area contributed by atoms with Crippen LogP contribution in [0.1, 0.15) is 27.0 Å². The van der Waals surface area contributed by atoms with Gasteiger partial charge in [-0.25, -0.2) is 0 Å². The summed E-state index contributed by atoms with van der Waals surface area (Å²) in [6.45, 7) is 0. The molecule has 0 spiro atoms. The van der Waals surface area contributed by atoms with E-state index in [0.29, 0.717) is 0 Å². The number of carbonyl (C=O) groups excluding carboxylic acids is 1. The van der Waals surface area contributed by atoms with Gasteiger partial charge < -0.3 is 16.2 Å². The van der Waals surface area contributed by atoms with Crippen molar-refractivity contribution in [1.82, 2.24) is 0 Å². The van der Waals surface area contributed by atoms with Crippen molar-refractivity contribution in [3.63, 3.8) is 0 Å². The molecule has 0 aliphatic heterocycles. The third kappa shape index (κ3) is 6.64. The Bertz CT molecular complexity index is 1020. The minimum Gasteiger partial charge on any atom is -0.506 e. The molecule has 0 atom stereocenters. The number of aromatic hydroxyl groups is 1. The first kappa shape index (κ1) is 20.8. The molecule has 0 fully saturated rings. The Morgan fingerprint density at radius 1 is 1.07 bits per heavy atom. The molecule has 28 heavy (non-hydrogen) atoms. The maximum absolute atomic E-state index is 10.5. The molecule has 4 N–H and O–H groups in total. The van der Waals surface area contributed by atoms with Crippen LogP contribution in [0.3, 0.4) is 0 Å². The molecule has 0 aliphatic rings. The van der Waals surface area contributed by atoms with Crippen LogP contribution >= 0.6 is 11.6 Å². The molecule has 3 rings (SSSR count). The van der Waals surface area contributed by atoms with E-state index in [1.165, 1.54) is 30.0 Å². The minimum atomic E-state index is -0.563. The van der Waals surface area contributed by atoms with Gasteiger partial charge in [0.15, 0.2) is 0 Å². The Hall–Kier alpha value is -3.55. The van der Waals surface area contributed by atoms with Crippen LogP contribution in [0.5, 0.6) is 5.75 Å². The monoisotopic (exact) mass is 390 g/mol. The molecule has 0 unspecified atom stereocenters. The van der Waals surface area contributed by atoms with Gasteiger partial charge in [-0.3, -0.25) is 4.79 Å². The molecule has 0 radical (unpaired) electrons. The van der Waals surface area contributed by atoms with Gasteiger partial charge in [0.1, 0.15) is 5.75 Å². The number of hydrogen-bond donors (Lipinski definition) is 3. The van der Waals surface area contributed by atoms with E-state index < -0.39 is 5.91 Å².